The molecule has 2 atom stereocenters. The van der Waals surface area contributed by atoms with E-state index in [2.05, 4.69) is 5.32 Å². The van der Waals surface area contributed by atoms with Crippen LogP contribution in [0, 0.1) is 0 Å². The average Bonchev–Trinajstić information content (AvgIpc) is 3.39. The standard InChI is InChI=1S/C22H16F3NO3S2/c23-22(24,25)13-8-9-15-14(11-13)19(28)20(31-15)21(29)26-17(16-7-4-10-30-16)18(27)12-5-2-1-3-6-12/h1-11,17-18,27-28H,(H,26,29). The van der Waals surface area contributed by atoms with E-state index < -0.39 is 35.5 Å². The summed E-state index contributed by atoms with van der Waals surface area (Å²) in [7, 11) is 0. The number of aliphatic hydroxyl groups excluding tert-OH is 1. The molecule has 0 saturated heterocycles. The number of rotatable bonds is 5. The molecule has 0 aliphatic carbocycles. The van der Waals surface area contributed by atoms with E-state index in [1.807, 2.05) is 5.38 Å². The van der Waals surface area contributed by atoms with Gasteiger partial charge in [0.2, 0.25) is 0 Å². The first-order valence-corrected chi connectivity index (χ1v) is 10.9. The van der Waals surface area contributed by atoms with Crippen molar-refractivity contribution in [1.29, 1.82) is 0 Å². The van der Waals surface area contributed by atoms with Crippen LogP contribution in [-0.4, -0.2) is 16.1 Å². The van der Waals surface area contributed by atoms with Crippen molar-refractivity contribution in [2.24, 2.45) is 0 Å². The molecule has 160 valence electrons. The molecule has 0 spiro atoms. The Morgan fingerprint density at radius 1 is 1.03 bits per heavy atom. The summed E-state index contributed by atoms with van der Waals surface area (Å²) in [6.07, 6.45) is -5.62. The SMILES string of the molecule is O=C(NC(c1cccs1)C(O)c1ccccc1)c1sc2ccc(C(F)(F)F)cc2c1O. The normalized spacial score (nSPS) is 13.8. The monoisotopic (exact) mass is 463 g/mol. The van der Waals surface area contributed by atoms with Crippen LogP contribution in [0.3, 0.4) is 0 Å². The third-order valence-electron chi connectivity index (χ3n) is 4.79. The molecule has 2 aromatic carbocycles. The van der Waals surface area contributed by atoms with Crippen molar-refractivity contribution in [2.75, 3.05) is 0 Å². The maximum absolute atomic E-state index is 13.0. The molecular formula is C22H16F3NO3S2. The van der Waals surface area contributed by atoms with Gasteiger partial charge in [0.25, 0.3) is 5.91 Å². The minimum Gasteiger partial charge on any atom is -0.506 e. The summed E-state index contributed by atoms with van der Waals surface area (Å²) >= 11 is 2.24. The summed E-state index contributed by atoms with van der Waals surface area (Å²) in [5.74, 6) is -1.19. The second-order valence-corrected chi connectivity index (χ2v) is 8.84. The second-order valence-electron chi connectivity index (χ2n) is 6.81. The Morgan fingerprint density at radius 2 is 1.77 bits per heavy atom. The summed E-state index contributed by atoms with van der Waals surface area (Å²) in [5.41, 5.74) is -0.312. The predicted molar refractivity (Wildman–Crippen MR) is 114 cm³/mol. The largest absolute Gasteiger partial charge is 0.506 e. The summed E-state index contributed by atoms with van der Waals surface area (Å²) < 4.78 is 39.4. The molecule has 4 nitrogen and oxygen atoms in total. The number of benzene rings is 2. The molecule has 4 rings (SSSR count). The van der Waals surface area contributed by atoms with Crippen molar-refractivity contribution in [3.8, 4) is 5.75 Å². The Bertz CT molecular complexity index is 1200. The number of amides is 1. The summed E-state index contributed by atoms with van der Waals surface area (Å²) in [5, 5.41) is 25.9. The van der Waals surface area contributed by atoms with Gasteiger partial charge in [0, 0.05) is 15.0 Å². The van der Waals surface area contributed by atoms with Gasteiger partial charge in [0.05, 0.1) is 11.6 Å². The fourth-order valence-corrected chi connectivity index (χ4v) is 5.02. The zero-order valence-corrected chi connectivity index (χ0v) is 17.4. The van der Waals surface area contributed by atoms with Gasteiger partial charge in [-0.2, -0.15) is 13.2 Å². The lowest BCUT2D eigenvalue weighted by molar-refractivity contribution is -0.137. The van der Waals surface area contributed by atoms with E-state index in [0.29, 0.717) is 15.1 Å². The first kappa shape index (κ1) is 21.4. The number of nitrogens with one attached hydrogen (secondary N) is 1. The number of carbonyl (C=O) groups excluding carboxylic acids is 1. The molecule has 0 fully saturated rings. The minimum absolute atomic E-state index is 0.0405. The molecule has 0 aliphatic rings. The molecule has 2 heterocycles. The molecule has 1 amide bonds. The topological polar surface area (TPSA) is 69.6 Å². The van der Waals surface area contributed by atoms with Gasteiger partial charge in [-0.1, -0.05) is 36.4 Å². The van der Waals surface area contributed by atoms with E-state index in [9.17, 15) is 28.2 Å². The molecule has 2 unspecified atom stereocenters. The number of alkyl halides is 3. The zero-order valence-electron chi connectivity index (χ0n) is 15.8. The van der Waals surface area contributed by atoms with Crippen molar-refractivity contribution < 1.29 is 28.2 Å². The van der Waals surface area contributed by atoms with Crippen LogP contribution >= 0.6 is 22.7 Å². The van der Waals surface area contributed by atoms with Gasteiger partial charge in [-0.25, -0.2) is 0 Å². The highest BCUT2D eigenvalue weighted by atomic mass is 32.1. The van der Waals surface area contributed by atoms with Gasteiger partial charge in [0.1, 0.15) is 16.7 Å². The molecule has 0 bridgehead atoms. The van der Waals surface area contributed by atoms with Crippen molar-refractivity contribution in [3.63, 3.8) is 0 Å². The van der Waals surface area contributed by atoms with E-state index in [1.165, 1.54) is 17.4 Å². The van der Waals surface area contributed by atoms with Gasteiger partial charge in [0.15, 0.2) is 0 Å². The Morgan fingerprint density at radius 3 is 2.42 bits per heavy atom. The van der Waals surface area contributed by atoms with Crippen LogP contribution < -0.4 is 5.32 Å². The Hall–Kier alpha value is -2.88. The van der Waals surface area contributed by atoms with Crippen molar-refractivity contribution >= 4 is 38.7 Å². The number of hydrogen-bond acceptors (Lipinski definition) is 5. The molecule has 3 N–H and O–H groups in total. The molecule has 2 aromatic heterocycles. The first-order valence-electron chi connectivity index (χ1n) is 9.15. The van der Waals surface area contributed by atoms with Crippen LogP contribution in [0.1, 0.15) is 37.8 Å². The number of aliphatic hydroxyl groups is 1. The van der Waals surface area contributed by atoms with Crippen molar-refractivity contribution in [1.82, 2.24) is 5.32 Å². The van der Waals surface area contributed by atoms with Crippen LogP contribution in [0.5, 0.6) is 5.75 Å². The van der Waals surface area contributed by atoms with Gasteiger partial charge in [-0.15, -0.1) is 22.7 Å². The highest BCUT2D eigenvalue weighted by Crippen LogP contribution is 2.41. The lowest BCUT2D eigenvalue weighted by Crippen LogP contribution is -2.31. The number of thiophene rings is 2. The molecule has 4 aromatic rings. The Kier molecular flexibility index (Phi) is 5.74. The minimum atomic E-state index is -4.56. The van der Waals surface area contributed by atoms with E-state index in [-0.39, 0.29) is 10.3 Å². The van der Waals surface area contributed by atoms with Crippen molar-refractivity contribution in [2.45, 2.75) is 18.3 Å². The van der Waals surface area contributed by atoms with Gasteiger partial charge in [-0.05, 0) is 35.2 Å². The van der Waals surface area contributed by atoms with Gasteiger partial charge < -0.3 is 15.5 Å². The van der Waals surface area contributed by atoms with E-state index >= 15 is 0 Å². The molecule has 31 heavy (non-hydrogen) atoms. The summed E-state index contributed by atoms with van der Waals surface area (Å²) in [6, 6.07) is 14.5. The molecule has 0 radical (unpaired) electrons. The third-order valence-corrected chi connectivity index (χ3v) is 6.90. The second kappa shape index (κ2) is 8.33. The fraction of sp³-hybridized carbons (Fsp3) is 0.136. The number of fused-ring (bicyclic) bond motifs is 1. The molecule has 9 heteroatoms. The average molecular weight is 464 g/mol. The smallest absolute Gasteiger partial charge is 0.416 e. The molecular weight excluding hydrogens is 447 g/mol. The third kappa shape index (κ3) is 4.30. The Balaban J connectivity index is 1.67. The number of halogens is 3. The lowest BCUT2D eigenvalue weighted by Gasteiger charge is -2.23. The highest BCUT2D eigenvalue weighted by Gasteiger charge is 2.32. The van der Waals surface area contributed by atoms with Gasteiger partial charge >= 0.3 is 6.18 Å². The van der Waals surface area contributed by atoms with E-state index in [4.69, 9.17) is 0 Å². The number of hydrogen-bond donors (Lipinski definition) is 3. The predicted octanol–water partition coefficient (Wildman–Crippen LogP) is 5.89. The van der Waals surface area contributed by atoms with Crippen LogP contribution in [0.25, 0.3) is 10.1 Å². The maximum Gasteiger partial charge on any atom is 0.416 e. The highest BCUT2D eigenvalue weighted by molar-refractivity contribution is 7.21. The van der Waals surface area contributed by atoms with E-state index in [0.717, 1.165) is 23.5 Å². The Labute approximate surface area is 183 Å². The molecule has 0 saturated carbocycles. The number of aromatic hydroxyl groups is 1. The summed E-state index contributed by atoms with van der Waals surface area (Å²) in [6.45, 7) is 0. The van der Waals surface area contributed by atoms with Crippen LogP contribution in [-0.2, 0) is 6.18 Å². The van der Waals surface area contributed by atoms with E-state index in [1.54, 1.807) is 42.5 Å². The van der Waals surface area contributed by atoms with Crippen LogP contribution in [0.4, 0.5) is 13.2 Å². The van der Waals surface area contributed by atoms with Gasteiger partial charge in [-0.3, -0.25) is 4.79 Å². The molecule has 0 aliphatic heterocycles. The maximum atomic E-state index is 13.0. The number of carbonyl (C=O) groups is 1. The summed E-state index contributed by atoms with van der Waals surface area (Å²) in [4.78, 5) is 13.6. The lowest BCUT2D eigenvalue weighted by atomic mass is 10.0. The first-order chi connectivity index (χ1) is 14.8. The van der Waals surface area contributed by atoms with Crippen LogP contribution in [0.15, 0.2) is 66.0 Å². The zero-order chi connectivity index (χ0) is 22.2. The fourth-order valence-electron chi connectivity index (χ4n) is 3.24. The van der Waals surface area contributed by atoms with Crippen LogP contribution in [0.2, 0.25) is 0 Å². The van der Waals surface area contributed by atoms with Crippen molar-refractivity contribution in [3.05, 3.63) is 86.9 Å². The quantitative estimate of drug-likeness (QED) is 0.346.